The number of piperazine rings is 1. The smallest absolute Gasteiger partial charge is 0.410 e. The first-order valence-corrected chi connectivity index (χ1v) is 11.1. The molecule has 1 aromatic carbocycles. The third-order valence-corrected chi connectivity index (χ3v) is 5.95. The Balaban J connectivity index is 1.60. The van der Waals surface area contributed by atoms with Crippen molar-refractivity contribution < 1.29 is 18.3 Å². The van der Waals surface area contributed by atoms with Crippen molar-refractivity contribution in [2.75, 3.05) is 13.1 Å². The van der Waals surface area contributed by atoms with E-state index < -0.39 is 5.60 Å². The molecule has 2 fully saturated rings. The Morgan fingerprint density at radius 2 is 1.84 bits per heavy atom. The zero-order chi connectivity index (χ0) is 22.3. The number of hydrogen-bond donors (Lipinski definition) is 0. The Bertz CT molecular complexity index is 917. The number of aromatic nitrogens is 1. The molecule has 1 saturated carbocycles. The van der Waals surface area contributed by atoms with Crippen LogP contribution in [0.15, 0.2) is 34.9 Å². The van der Waals surface area contributed by atoms with Gasteiger partial charge in [0.05, 0.1) is 5.69 Å². The van der Waals surface area contributed by atoms with E-state index in [1.165, 1.54) is 12.1 Å². The molecular weight excluding hydrogens is 397 g/mol. The number of hydrogen-bond acceptors (Lipinski definition) is 5. The van der Waals surface area contributed by atoms with Gasteiger partial charge in [0.2, 0.25) is 5.89 Å². The minimum atomic E-state index is -0.537. The molecule has 0 bridgehead atoms. The summed E-state index contributed by atoms with van der Waals surface area (Å²) in [6, 6.07) is 6.27. The van der Waals surface area contributed by atoms with Crippen molar-refractivity contribution in [3.63, 3.8) is 0 Å². The fraction of sp³-hybridized carbons (Fsp3) is 0.583. The number of oxazole rings is 1. The molecule has 1 unspecified atom stereocenters. The van der Waals surface area contributed by atoms with Crippen LogP contribution in [0.3, 0.4) is 0 Å². The largest absolute Gasteiger partial charge is 0.447 e. The maximum atomic E-state index is 13.6. The van der Waals surface area contributed by atoms with Crippen molar-refractivity contribution >= 4 is 6.09 Å². The second-order valence-electron chi connectivity index (χ2n) is 9.87. The average Bonchev–Trinajstić information content (AvgIpc) is 3.43. The Hall–Kier alpha value is -2.41. The highest BCUT2D eigenvalue weighted by atomic mass is 19.1. The van der Waals surface area contributed by atoms with Crippen molar-refractivity contribution in [2.45, 2.75) is 77.1 Å². The quantitative estimate of drug-likeness (QED) is 0.676. The molecule has 2 aliphatic rings. The van der Waals surface area contributed by atoms with Crippen LogP contribution in [0.4, 0.5) is 9.18 Å². The molecule has 1 saturated heterocycles. The SMILES string of the molecule is C[C@@H]1CN(C(=O)OC(C)(C)C)[C@@H](C)CN1C(c1ccc(F)cc1)c1nc(C2CC2)co1. The van der Waals surface area contributed by atoms with E-state index in [4.69, 9.17) is 14.1 Å². The van der Waals surface area contributed by atoms with Crippen LogP contribution in [0.2, 0.25) is 0 Å². The maximum absolute atomic E-state index is 13.6. The molecule has 2 aromatic rings. The van der Waals surface area contributed by atoms with Crippen molar-refractivity contribution in [1.82, 2.24) is 14.8 Å². The van der Waals surface area contributed by atoms with E-state index in [-0.39, 0.29) is 30.0 Å². The molecule has 2 heterocycles. The van der Waals surface area contributed by atoms with Gasteiger partial charge < -0.3 is 14.1 Å². The van der Waals surface area contributed by atoms with Crippen LogP contribution < -0.4 is 0 Å². The number of halogens is 1. The van der Waals surface area contributed by atoms with Crippen molar-refractivity contribution in [3.05, 3.63) is 53.5 Å². The van der Waals surface area contributed by atoms with E-state index >= 15 is 0 Å². The lowest BCUT2D eigenvalue weighted by atomic mass is 9.99. The van der Waals surface area contributed by atoms with Crippen LogP contribution in [0, 0.1) is 5.82 Å². The Labute approximate surface area is 183 Å². The van der Waals surface area contributed by atoms with Crippen molar-refractivity contribution in [3.8, 4) is 0 Å². The Morgan fingerprint density at radius 1 is 1.16 bits per heavy atom. The molecule has 0 N–H and O–H groups in total. The van der Waals surface area contributed by atoms with Gasteiger partial charge in [0, 0.05) is 31.1 Å². The predicted octanol–water partition coefficient (Wildman–Crippen LogP) is 5.11. The van der Waals surface area contributed by atoms with Crippen LogP contribution >= 0.6 is 0 Å². The Kier molecular flexibility index (Phi) is 5.81. The van der Waals surface area contributed by atoms with E-state index in [0.29, 0.717) is 24.9 Å². The topological polar surface area (TPSA) is 58.8 Å². The normalized spacial score (nSPS) is 23.6. The van der Waals surface area contributed by atoms with Gasteiger partial charge in [-0.1, -0.05) is 12.1 Å². The standard InChI is InChI=1S/C24H32FN3O3/c1-15-13-28(23(29)31-24(3,4)5)16(2)12-27(15)21(18-8-10-19(25)11-9-18)22-26-20(14-30-22)17-6-7-17/h8-11,14-17,21H,6-7,12-13H2,1-5H3/t15-,16+,21?/m1/s1. The highest BCUT2D eigenvalue weighted by molar-refractivity contribution is 5.68. The molecule has 3 atom stereocenters. The summed E-state index contributed by atoms with van der Waals surface area (Å²) >= 11 is 0. The minimum Gasteiger partial charge on any atom is -0.447 e. The van der Waals surface area contributed by atoms with E-state index in [1.807, 2.05) is 27.7 Å². The molecular formula is C24H32FN3O3. The van der Waals surface area contributed by atoms with Gasteiger partial charge in [-0.05, 0) is 65.2 Å². The van der Waals surface area contributed by atoms with Gasteiger partial charge in [-0.2, -0.15) is 0 Å². The number of benzene rings is 1. The van der Waals surface area contributed by atoms with E-state index in [9.17, 15) is 9.18 Å². The lowest BCUT2D eigenvalue weighted by Gasteiger charge is -2.46. The number of amides is 1. The summed E-state index contributed by atoms with van der Waals surface area (Å²) in [5.74, 6) is 0.842. The summed E-state index contributed by atoms with van der Waals surface area (Å²) in [6.07, 6.45) is 3.76. The zero-order valence-corrected chi connectivity index (χ0v) is 19.0. The zero-order valence-electron chi connectivity index (χ0n) is 19.0. The third kappa shape index (κ3) is 4.92. The summed E-state index contributed by atoms with van der Waals surface area (Å²) < 4.78 is 25.2. The lowest BCUT2D eigenvalue weighted by molar-refractivity contribution is -0.0185. The maximum Gasteiger partial charge on any atom is 0.410 e. The van der Waals surface area contributed by atoms with E-state index in [2.05, 4.69) is 11.8 Å². The highest BCUT2D eigenvalue weighted by Gasteiger charge is 2.40. The second-order valence-corrected chi connectivity index (χ2v) is 9.87. The molecule has 1 aliphatic carbocycles. The van der Waals surface area contributed by atoms with Crippen LogP contribution in [0.1, 0.15) is 76.6 Å². The first kappa shape index (κ1) is 21.8. The van der Waals surface area contributed by atoms with Gasteiger partial charge in [0.15, 0.2) is 0 Å². The molecule has 7 heteroatoms. The molecule has 0 spiro atoms. The first-order valence-electron chi connectivity index (χ1n) is 11.1. The molecule has 6 nitrogen and oxygen atoms in total. The summed E-state index contributed by atoms with van der Waals surface area (Å²) in [5.41, 5.74) is 1.39. The third-order valence-electron chi connectivity index (χ3n) is 5.95. The second kappa shape index (κ2) is 8.26. The van der Waals surface area contributed by atoms with Crippen LogP contribution in [-0.4, -0.2) is 51.7 Å². The summed E-state index contributed by atoms with van der Waals surface area (Å²) in [4.78, 5) is 21.6. The molecule has 4 rings (SSSR count). The van der Waals surface area contributed by atoms with Gasteiger partial charge in [-0.25, -0.2) is 14.2 Å². The molecule has 31 heavy (non-hydrogen) atoms. The van der Waals surface area contributed by atoms with Crippen LogP contribution in [0.5, 0.6) is 0 Å². The molecule has 0 radical (unpaired) electrons. The fourth-order valence-corrected chi connectivity index (χ4v) is 4.20. The minimum absolute atomic E-state index is 0.0371. The summed E-state index contributed by atoms with van der Waals surface area (Å²) in [6.45, 7) is 10.9. The van der Waals surface area contributed by atoms with Gasteiger partial charge in [-0.3, -0.25) is 4.90 Å². The number of carbonyl (C=O) groups is 1. The predicted molar refractivity (Wildman–Crippen MR) is 115 cm³/mol. The van der Waals surface area contributed by atoms with E-state index in [1.54, 1.807) is 23.3 Å². The number of carbonyl (C=O) groups excluding carboxylic acids is 1. The number of nitrogens with zero attached hydrogens (tertiary/aromatic N) is 3. The number of ether oxygens (including phenoxy) is 1. The van der Waals surface area contributed by atoms with Crippen molar-refractivity contribution in [1.29, 1.82) is 0 Å². The molecule has 168 valence electrons. The first-order chi connectivity index (χ1) is 14.6. The van der Waals surface area contributed by atoms with Gasteiger partial charge in [0.1, 0.15) is 23.7 Å². The van der Waals surface area contributed by atoms with Gasteiger partial charge >= 0.3 is 6.09 Å². The molecule has 1 aliphatic heterocycles. The summed E-state index contributed by atoms with van der Waals surface area (Å²) in [7, 11) is 0. The monoisotopic (exact) mass is 429 g/mol. The molecule has 1 amide bonds. The van der Waals surface area contributed by atoms with Gasteiger partial charge in [-0.15, -0.1) is 0 Å². The molecule has 1 aromatic heterocycles. The van der Waals surface area contributed by atoms with Crippen LogP contribution in [-0.2, 0) is 4.74 Å². The number of rotatable bonds is 4. The van der Waals surface area contributed by atoms with Gasteiger partial charge in [0.25, 0.3) is 0 Å². The fourth-order valence-electron chi connectivity index (χ4n) is 4.20. The highest BCUT2D eigenvalue weighted by Crippen LogP contribution is 2.41. The lowest BCUT2D eigenvalue weighted by Crippen LogP contribution is -2.59. The van der Waals surface area contributed by atoms with Crippen molar-refractivity contribution in [2.24, 2.45) is 0 Å². The average molecular weight is 430 g/mol. The van der Waals surface area contributed by atoms with Crippen LogP contribution in [0.25, 0.3) is 0 Å². The summed E-state index contributed by atoms with van der Waals surface area (Å²) in [5, 5.41) is 0. The van der Waals surface area contributed by atoms with E-state index in [0.717, 1.165) is 24.1 Å². The Morgan fingerprint density at radius 3 is 2.45 bits per heavy atom.